The van der Waals surface area contributed by atoms with Gasteiger partial charge < -0.3 is 15.1 Å². The molecular formula is C22H26N5O+. The van der Waals surface area contributed by atoms with Crippen LogP contribution in [0.4, 0.5) is 5.95 Å². The quantitative estimate of drug-likeness (QED) is 0.703. The van der Waals surface area contributed by atoms with E-state index in [2.05, 4.69) is 57.4 Å². The molecule has 2 aromatic carbocycles. The molecule has 144 valence electrons. The number of piperazine rings is 1. The molecule has 0 unspecified atom stereocenters. The summed E-state index contributed by atoms with van der Waals surface area (Å²) in [4.78, 5) is 24.7. The lowest BCUT2D eigenvalue weighted by atomic mass is 10.00. The predicted octanol–water partition coefficient (Wildman–Crippen LogP) is 1.21. The summed E-state index contributed by atoms with van der Waals surface area (Å²) in [5.41, 5.74) is 1.16. The average molecular weight is 376 g/mol. The maximum absolute atomic E-state index is 12.6. The first-order valence-electron chi connectivity index (χ1n) is 9.83. The maximum atomic E-state index is 12.6. The van der Waals surface area contributed by atoms with Crippen molar-refractivity contribution in [3.8, 4) is 0 Å². The Kier molecular flexibility index (Phi) is 5.48. The Bertz CT molecular complexity index is 933. The minimum Gasteiger partial charge on any atom is -0.345 e. The van der Waals surface area contributed by atoms with Gasteiger partial charge in [0.05, 0.1) is 32.2 Å². The molecule has 2 N–H and O–H groups in total. The highest BCUT2D eigenvalue weighted by molar-refractivity contribution is 5.87. The molecule has 0 aliphatic carbocycles. The number of benzene rings is 2. The van der Waals surface area contributed by atoms with Crippen LogP contribution in [0.3, 0.4) is 0 Å². The van der Waals surface area contributed by atoms with Crippen LogP contribution >= 0.6 is 0 Å². The van der Waals surface area contributed by atoms with Crippen LogP contribution < -0.4 is 15.1 Å². The van der Waals surface area contributed by atoms with Gasteiger partial charge in [-0.2, -0.15) is 0 Å². The molecule has 1 saturated heterocycles. The van der Waals surface area contributed by atoms with Gasteiger partial charge in [-0.3, -0.25) is 4.79 Å². The van der Waals surface area contributed by atoms with Crippen molar-refractivity contribution >= 4 is 22.6 Å². The standard InChI is InChI=1S/C22H25N5O/c1-17(19-9-4-7-18-6-2-3-8-20(18)19)25-21(28)16-26-12-14-27(15-13-26)22-23-10-5-11-24-22/h2-11,17H,12-16H2,1H3,(H,25,28)/p+1/t17-/m1/s1. The fourth-order valence-corrected chi connectivity index (χ4v) is 3.88. The summed E-state index contributed by atoms with van der Waals surface area (Å²) in [6, 6.07) is 16.4. The van der Waals surface area contributed by atoms with Crippen LogP contribution in [0.25, 0.3) is 10.8 Å². The van der Waals surface area contributed by atoms with Gasteiger partial charge in [0.1, 0.15) is 0 Å². The van der Waals surface area contributed by atoms with Crippen LogP contribution in [0.5, 0.6) is 0 Å². The number of rotatable bonds is 5. The van der Waals surface area contributed by atoms with Crippen molar-refractivity contribution in [3.63, 3.8) is 0 Å². The number of nitrogens with zero attached hydrogens (tertiary/aromatic N) is 3. The smallest absolute Gasteiger partial charge is 0.275 e. The van der Waals surface area contributed by atoms with E-state index in [9.17, 15) is 4.79 Å². The SMILES string of the molecule is C[C@@H](NC(=O)C[NH+]1CCN(c2ncccn2)CC1)c1cccc2ccccc12. The minimum atomic E-state index is -0.0167. The summed E-state index contributed by atoms with van der Waals surface area (Å²) in [6.45, 7) is 6.11. The zero-order valence-corrected chi connectivity index (χ0v) is 16.1. The van der Waals surface area contributed by atoms with E-state index in [4.69, 9.17) is 0 Å². The molecule has 1 aliphatic heterocycles. The van der Waals surface area contributed by atoms with Crippen LogP contribution in [0, 0.1) is 0 Å². The summed E-state index contributed by atoms with van der Waals surface area (Å²) < 4.78 is 0. The van der Waals surface area contributed by atoms with Crippen molar-refractivity contribution in [3.05, 3.63) is 66.5 Å². The molecule has 0 saturated carbocycles. The molecule has 0 spiro atoms. The Labute approximate surface area is 165 Å². The molecule has 6 heteroatoms. The van der Waals surface area contributed by atoms with Gasteiger partial charge >= 0.3 is 0 Å². The Morgan fingerprint density at radius 1 is 1.07 bits per heavy atom. The summed E-state index contributed by atoms with van der Waals surface area (Å²) >= 11 is 0. The van der Waals surface area contributed by atoms with E-state index < -0.39 is 0 Å². The maximum Gasteiger partial charge on any atom is 0.275 e. The monoisotopic (exact) mass is 376 g/mol. The van der Waals surface area contributed by atoms with Crippen molar-refractivity contribution in [1.82, 2.24) is 15.3 Å². The van der Waals surface area contributed by atoms with Crippen LogP contribution in [0.1, 0.15) is 18.5 Å². The molecule has 0 radical (unpaired) electrons. The Morgan fingerprint density at radius 2 is 1.79 bits per heavy atom. The van der Waals surface area contributed by atoms with E-state index in [-0.39, 0.29) is 11.9 Å². The fraction of sp³-hybridized carbons (Fsp3) is 0.318. The van der Waals surface area contributed by atoms with E-state index in [1.54, 1.807) is 12.4 Å². The van der Waals surface area contributed by atoms with E-state index in [1.165, 1.54) is 15.7 Å². The van der Waals surface area contributed by atoms with E-state index in [0.29, 0.717) is 6.54 Å². The number of carbonyl (C=O) groups excluding carboxylic acids is 1. The molecule has 0 bridgehead atoms. The second-order valence-corrected chi connectivity index (χ2v) is 7.32. The van der Waals surface area contributed by atoms with E-state index in [1.807, 2.05) is 18.2 Å². The van der Waals surface area contributed by atoms with Gasteiger partial charge in [0.2, 0.25) is 5.95 Å². The zero-order valence-electron chi connectivity index (χ0n) is 16.1. The Morgan fingerprint density at radius 3 is 2.57 bits per heavy atom. The van der Waals surface area contributed by atoms with Crippen LogP contribution in [0.15, 0.2) is 60.9 Å². The number of amides is 1. The molecule has 1 atom stereocenters. The topological polar surface area (TPSA) is 62.6 Å². The van der Waals surface area contributed by atoms with Crippen LogP contribution in [-0.4, -0.2) is 48.6 Å². The summed E-state index contributed by atoms with van der Waals surface area (Å²) in [5.74, 6) is 0.871. The molecule has 1 fully saturated rings. The second kappa shape index (κ2) is 8.35. The molecule has 2 heterocycles. The highest BCUT2D eigenvalue weighted by Gasteiger charge is 2.24. The zero-order chi connectivity index (χ0) is 19.3. The fourth-order valence-electron chi connectivity index (χ4n) is 3.88. The number of quaternary nitrogens is 1. The first kappa shape index (κ1) is 18.4. The predicted molar refractivity (Wildman–Crippen MR) is 110 cm³/mol. The third kappa shape index (κ3) is 4.12. The van der Waals surface area contributed by atoms with E-state index >= 15 is 0 Å². The van der Waals surface area contributed by atoms with Crippen molar-refractivity contribution in [2.45, 2.75) is 13.0 Å². The van der Waals surface area contributed by atoms with Crippen molar-refractivity contribution < 1.29 is 9.69 Å². The first-order valence-corrected chi connectivity index (χ1v) is 9.83. The van der Waals surface area contributed by atoms with Gasteiger partial charge in [0, 0.05) is 12.4 Å². The largest absolute Gasteiger partial charge is 0.345 e. The first-order chi connectivity index (χ1) is 13.7. The van der Waals surface area contributed by atoms with Gasteiger partial charge in [-0.1, -0.05) is 42.5 Å². The Balaban J connectivity index is 1.32. The number of carbonyl (C=O) groups is 1. The molecule has 6 nitrogen and oxygen atoms in total. The lowest BCUT2D eigenvalue weighted by molar-refractivity contribution is -0.892. The molecule has 1 aliphatic rings. The van der Waals surface area contributed by atoms with Gasteiger partial charge in [-0.15, -0.1) is 0 Å². The van der Waals surface area contributed by atoms with Gasteiger partial charge in [0.15, 0.2) is 6.54 Å². The van der Waals surface area contributed by atoms with Crippen molar-refractivity contribution in [2.75, 3.05) is 37.6 Å². The highest BCUT2D eigenvalue weighted by Crippen LogP contribution is 2.23. The Hall–Kier alpha value is -2.99. The summed E-state index contributed by atoms with van der Waals surface area (Å²) in [5, 5.41) is 5.58. The molecule has 28 heavy (non-hydrogen) atoms. The normalized spacial score (nSPS) is 16.1. The number of hydrogen-bond donors (Lipinski definition) is 2. The van der Waals surface area contributed by atoms with Crippen molar-refractivity contribution in [1.29, 1.82) is 0 Å². The molecule has 3 aromatic rings. The van der Waals surface area contributed by atoms with Gasteiger partial charge in [-0.25, -0.2) is 9.97 Å². The number of anilines is 1. The third-order valence-electron chi connectivity index (χ3n) is 5.38. The second-order valence-electron chi connectivity index (χ2n) is 7.32. The van der Waals surface area contributed by atoms with Gasteiger partial charge in [0.25, 0.3) is 5.91 Å². The van der Waals surface area contributed by atoms with Crippen molar-refractivity contribution in [2.24, 2.45) is 0 Å². The van der Waals surface area contributed by atoms with Gasteiger partial charge in [-0.05, 0) is 29.3 Å². The minimum absolute atomic E-state index is 0.0167. The third-order valence-corrected chi connectivity index (χ3v) is 5.38. The molecule has 1 aromatic heterocycles. The molecule has 1 amide bonds. The average Bonchev–Trinajstić information content (AvgIpc) is 2.74. The van der Waals surface area contributed by atoms with Crippen LogP contribution in [-0.2, 0) is 4.79 Å². The molecular weight excluding hydrogens is 350 g/mol. The number of nitrogens with one attached hydrogen (secondary N) is 2. The number of fused-ring (bicyclic) bond motifs is 1. The van der Waals surface area contributed by atoms with Crippen LogP contribution in [0.2, 0.25) is 0 Å². The lowest BCUT2D eigenvalue weighted by Crippen LogP contribution is -3.16. The highest BCUT2D eigenvalue weighted by atomic mass is 16.2. The molecule has 4 rings (SSSR count). The summed E-state index contributed by atoms with van der Waals surface area (Å²) in [7, 11) is 0. The van der Waals surface area contributed by atoms with E-state index in [0.717, 1.165) is 37.7 Å². The number of hydrogen-bond acceptors (Lipinski definition) is 4. The summed E-state index contributed by atoms with van der Waals surface area (Å²) in [6.07, 6.45) is 3.54. The lowest BCUT2D eigenvalue weighted by Gasteiger charge is -2.32. The number of aromatic nitrogens is 2.